The number of nitrogens with zero attached hydrogens (tertiary/aromatic N) is 2. The molecular formula is C16H31N3O2. The molecule has 0 radical (unpaired) electrons. The standard InChI is InChI=1S/C16H31N3O2/c1-18(9-10-21-2)13-16(20)17-11-14-7-8-19(12-14)15-5-3-4-6-15/h14-15H,3-13H2,1-2H3,(H,17,20)/t14-/m1/s1. The van der Waals surface area contributed by atoms with E-state index in [2.05, 4.69) is 10.2 Å². The topological polar surface area (TPSA) is 44.8 Å². The maximum Gasteiger partial charge on any atom is 0.234 e. The van der Waals surface area contributed by atoms with E-state index < -0.39 is 0 Å². The first-order chi connectivity index (χ1) is 10.2. The lowest BCUT2D eigenvalue weighted by Gasteiger charge is -2.23. The van der Waals surface area contributed by atoms with Crippen molar-refractivity contribution in [3.05, 3.63) is 0 Å². The molecular weight excluding hydrogens is 266 g/mol. The van der Waals surface area contributed by atoms with Crippen LogP contribution in [0.2, 0.25) is 0 Å². The number of carbonyl (C=O) groups is 1. The number of amides is 1. The van der Waals surface area contributed by atoms with E-state index in [0.29, 0.717) is 19.1 Å². The number of carbonyl (C=O) groups excluding carboxylic acids is 1. The van der Waals surface area contributed by atoms with Crippen LogP contribution >= 0.6 is 0 Å². The van der Waals surface area contributed by atoms with E-state index in [-0.39, 0.29) is 5.91 Å². The molecule has 0 aromatic rings. The van der Waals surface area contributed by atoms with E-state index in [1.807, 2.05) is 11.9 Å². The molecule has 1 heterocycles. The summed E-state index contributed by atoms with van der Waals surface area (Å²) in [4.78, 5) is 16.5. The summed E-state index contributed by atoms with van der Waals surface area (Å²) in [7, 11) is 3.64. The summed E-state index contributed by atoms with van der Waals surface area (Å²) < 4.78 is 5.02. The number of hydrogen-bond acceptors (Lipinski definition) is 4. The fraction of sp³-hybridized carbons (Fsp3) is 0.938. The SMILES string of the molecule is COCCN(C)CC(=O)NC[C@H]1CCN(C2CCCC2)C1. The van der Waals surface area contributed by atoms with Gasteiger partial charge in [-0.05, 0) is 38.8 Å². The molecule has 1 saturated heterocycles. The summed E-state index contributed by atoms with van der Waals surface area (Å²) >= 11 is 0. The highest BCUT2D eigenvalue weighted by Gasteiger charge is 2.29. The first-order valence-electron chi connectivity index (χ1n) is 8.37. The van der Waals surface area contributed by atoms with Crippen molar-refractivity contribution in [2.24, 2.45) is 5.92 Å². The van der Waals surface area contributed by atoms with Crippen molar-refractivity contribution in [3.63, 3.8) is 0 Å². The molecule has 21 heavy (non-hydrogen) atoms. The van der Waals surface area contributed by atoms with Crippen molar-refractivity contribution in [2.45, 2.75) is 38.1 Å². The number of rotatable bonds is 8. The predicted molar refractivity (Wildman–Crippen MR) is 84.3 cm³/mol. The summed E-state index contributed by atoms with van der Waals surface area (Å²) in [5, 5.41) is 3.09. The molecule has 0 aromatic heterocycles. The van der Waals surface area contributed by atoms with E-state index in [1.54, 1.807) is 7.11 Å². The first-order valence-corrected chi connectivity index (χ1v) is 8.37. The van der Waals surface area contributed by atoms with Gasteiger partial charge in [-0.2, -0.15) is 0 Å². The Balaban J connectivity index is 1.59. The van der Waals surface area contributed by atoms with E-state index in [9.17, 15) is 4.79 Å². The van der Waals surface area contributed by atoms with Gasteiger partial charge in [0, 0.05) is 32.8 Å². The van der Waals surface area contributed by atoms with Gasteiger partial charge in [-0.25, -0.2) is 0 Å². The molecule has 1 aliphatic carbocycles. The molecule has 2 aliphatic rings. The van der Waals surface area contributed by atoms with Gasteiger partial charge in [-0.15, -0.1) is 0 Å². The van der Waals surface area contributed by atoms with Crippen LogP contribution in [0, 0.1) is 5.92 Å². The highest BCUT2D eigenvalue weighted by molar-refractivity contribution is 5.77. The number of hydrogen-bond donors (Lipinski definition) is 1. The monoisotopic (exact) mass is 297 g/mol. The minimum Gasteiger partial charge on any atom is -0.383 e. The van der Waals surface area contributed by atoms with Gasteiger partial charge in [0.1, 0.15) is 0 Å². The second-order valence-electron chi connectivity index (χ2n) is 6.62. The van der Waals surface area contributed by atoms with E-state index in [0.717, 1.165) is 19.1 Å². The predicted octanol–water partition coefficient (Wildman–Crippen LogP) is 0.945. The number of likely N-dealkylation sites (tertiary alicyclic amines) is 1. The van der Waals surface area contributed by atoms with Crippen LogP contribution < -0.4 is 5.32 Å². The van der Waals surface area contributed by atoms with Crippen LogP contribution in [0.5, 0.6) is 0 Å². The number of methoxy groups -OCH3 is 1. The van der Waals surface area contributed by atoms with Crippen molar-refractivity contribution in [3.8, 4) is 0 Å². The second kappa shape index (κ2) is 8.71. The summed E-state index contributed by atoms with van der Waals surface area (Å²) in [6.45, 7) is 5.15. The van der Waals surface area contributed by atoms with Crippen LogP contribution in [-0.2, 0) is 9.53 Å². The lowest BCUT2D eigenvalue weighted by Crippen LogP contribution is -2.39. The summed E-state index contributed by atoms with van der Waals surface area (Å²) in [6, 6.07) is 0.825. The molecule has 0 spiro atoms. The minimum absolute atomic E-state index is 0.132. The van der Waals surface area contributed by atoms with Crippen LogP contribution in [0.3, 0.4) is 0 Å². The molecule has 1 amide bonds. The molecule has 5 heteroatoms. The molecule has 1 atom stereocenters. The third kappa shape index (κ3) is 5.57. The van der Waals surface area contributed by atoms with E-state index in [1.165, 1.54) is 45.2 Å². The maximum atomic E-state index is 11.9. The Labute approximate surface area is 129 Å². The molecule has 2 rings (SSSR count). The van der Waals surface area contributed by atoms with Crippen molar-refractivity contribution >= 4 is 5.91 Å². The van der Waals surface area contributed by atoms with E-state index >= 15 is 0 Å². The van der Waals surface area contributed by atoms with Crippen LogP contribution in [0.1, 0.15) is 32.1 Å². The quantitative estimate of drug-likeness (QED) is 0.724. The Kier molecular flexibility index (Phi) is 6.93. The molecule has 1 saturated carbocycles. The average Bonchev–Trinajstić information content (AvgIpc) is 3.13. The van der Waals surface area contributed by atoms with Crippen LogP contribution in [0.25, 0.3) is 0 Å². The van der Waals surface area contributed by atoms with Gasteiger partial charge in [0.05, 0.1) is 13.2 Å². The van der Waals surface area contributed by atoms with Gasteiger partial charge in [-0.1, -0.05) is 12.8 Å². The Morgan fingerprint density at radius 1 is 1.33 bits per heavy atom. The highest BCUT2D eigenvalue weighted by atomic mass is 16.5. The third-order valence-corrected chi connectivity index (χ3v) is 4.84. The van der Waals surface area contributed by atoms with E-state index in [4.69, 9.17) is 4.74 Å². The molecule has 1 N–H and O–H groups in total. The Bertz CT molecular complexity index is 319. The van der Waals surface area contributed by atoms with Crippen LogP contribution in [-0.4, -0.2) is 75.2 Å². The van der Waals surface area contributed by atoms with Crippen molar-refractivity contribution in [1.29, 1.82) is 0 Å². The zero-order valence-electron chi connectivity index (χ0n) is 13.6. The first kappa shape index (κ1) is 16.7. The fourth-order valence-electron chi connectivity index (χ4n) is 3.52. The van der Waals surface area contributed by atoms with Crippen molar-refractivity contribution < 1.29 is 9.53 Å². The third-order valence-electron chi connectivity index (χ3n) is 4.84. The Morgan fingerprint density at radius 3 is 2.81 bits per heavy atom. The maximum absolute atomic E-state index is 11.9. The van der Waals surface area contributed by atoms with Crippen LogP contribution in [0.4, 0.5) is 0 Å². The summed E-state index contributed by atoms with van der Waals surface area (Å²) in [6.07, 6.45) is 6.79. The fourth-order valence-corrected chi connectivity index (χ4v) is 3.52. The van der Waals surface area contributed by atoms with Gasteiger partial charge in [0.25, 0.3) is 0 Å². The number of likely N-dealkylation sites (N-methyl/N-ethyl adjacent to an activating group) is 1. The highest BCUT2D eigenvalue weighted by Crippen LogP contribution is 2.28. The summed E-state index contributed by atoms with van der Waals surface area (Å²) in [5.74, 6) is 0.770. The Morgan fingerprint density at radius 2 is 2.10 bits per heavy atom. The molecule has 5 nitrogen and oxygen atoms in total. The molecule has 1 aliphatic heterocycles. The van der Waals surface area contributed by atoms with Gasteiger partial charge in [0.15, 0.2) is 0 Å². The molecule has 122 valence electrons. The number of ether oxygens (including phenoxy) is 1. The molecule has 0 aromatic carbocycles. The molecule has 0 unspecified atom stereocenters. The zero-order valence-corrected chi connectivity index (χ0v) is 13.6. The smallest absolute Gasteiger partial charge is 0.234 e. The zero-order chi connectivity index (χ0) is 15.1. The van der Waals surface area contributed by atoms with Crippen LogP contribution in [0.15, 0.2) is 0 Å². The minimum atomic E-state index is 0.132. The van der Waals surface area contributed by atoms with Crippen molar-refractivity contribution in [1.82, 2.24) is 15.1 Å². The van der Waals surface area contributed by atoms with Crippen molar-refractivity contribution in [2.75, 3.05) is 53.5 Å². The van der Waals surface area contributed by atoms with Gasteiger partial charge in [0.2, 0.25) is 5.91 Å². The summed E-state index contributed by atoms with van der Waals surface area (Å²) in [5.41, 5.74) is 0. The largest absolute Gasteiger partial charge is 0.383 e. The van der Waals surface area contributed by atoms with Gasteiger partial charge < -0.3 is 15.0 Å². The number of nitrogens with one attached hydrogen (secondary N) is 1. The lowest BCUT2D eigenvalue weighted by molar-refractivity contribution is -0.122. The average molecular weight is 297 g/mol. The second-order valence-corrected chi connectivity index (χ2v) is 6.62. The molecule has 0 bridgehead atoms. The van der Waals surface area contributed by atoms with Gasteiger partial charge in [-0.3, -0.25) is 9.69 Å². The Hall–Kier alpha value is -0.650. The normalized spacial score (nSPS) is 24.0. The van der Waals surface area contributed by atoms with Gasteiger partial charge >= 0.3 is 0 Å². The lowest BCUT2D eigenvalue weighted by atomic mass is 10.1. The molecule has 2 fully saturated rings.